The van der Waals surface area contributed by atoms with Crippen molar-refractivity contribution in [3.63, 3.8) is 0 Å². The van der Waals surface area contributed by atoms with Gasteiger partial charge in [0.2, 0.25) is 0 Å². The van der Waals surface area contributed by atoms with E-state index in [-0.39, 0.29) is 11.3 Å². The van der Waals surface area contributed by atoms with Crippen LogP contribution in [0.2, 0.25) is 0 Å². The molecule has 0 radical (unpaired) electrons. The van der Waals surface area contributed by atoms with Crippen LogP contribution in [0.1, 0.15) is 28.6 Å². The minimum absolute atomic E-state index is 0.0134. The van der Waals surface area contributed by atoms with Crippen LogP contribution >= 0.6 is 0 Å². The quantitative estimate of drug-likeness (QED) is 0.398. The van der Waals surface area contributed by atoms with E-state index in [1.807, 2.05) is 19.0 Å². The van der Waals surface area contributed by atoms with Gasteiger partial charge in [-0.05, 0) is 46.1 Å². The standard InChI is InChI=1S/C23H30N4O5/c1-13-18(14(2)26(5)24-13)21(28)19-20(16-12-15(31-6)8-9-17(16)32-7)27(11-10-25(3)4)23(30)22(19)29/h8-9,12,20,28H,10-11H2,1-7H3/b21-19+. The first-order valence-electron chi connectivity index (χ1n) is 10.3. The Morgan fingerprint density at radius 2 is 1.88 bits per heavy atom. The summed E-state index contributed by atoms with van der Waals surface area (Å²) in [7, 11) is 8.60. The molecule has 0 bridgehead atoms. The highest BCUT2D eigenvalue weighted by Gasteiger charge is 2.47. The van der Waals surface area contributed by atoms with Crippen molar-refractivity contribution in [2.75, 3.05) is 41.4 Å². The number of nitrogens with zero attached hydrogens (tertiary/aromatic N) is 4. The Hall–Kier alpha value is -3.33. The molecule has 1 atom stereocenters. The molecule has 1 aromatic carbocycles. The van der Waals surface area contributed by atoms with Gasteiger partial charge in [0.1, 0.15) is 17.3 Å². The molecule has 1 aliphatic heterocycles. The fourth-order valence-corrected chi connectivity index (χ4v) is 4.05. The van der Waals surface area contributed by atoms with E-state index >= 15 is 0 Å². The zero-order valence-corrected chi connectivity index (χ0v) is 19.6. The summed E-state index contributed by atoms with van der Waals surface area (Å²) in [5.74, 6) is -0.610. The van der Waals surface area contributed by atoms with E-state index < -0.39 is 17.7 Å². The third-order valence-corrected chi connectivity index (χ3v) is 5.81. The minimum atomic E-state index is -0.834. The molecular weight excluding hydrogens is 412 g/mol. The molecule has 0 spiro atoms. The highest BCUT2D eigenvalue weighted by atomic mass is 16.5. The van der Waals surface area contributed by atoms with Crippen molar-refractivity contribution in [3.05, 3.63) is 46.3 Å². The smallest absolute Gasteiger partial charge is 0.295 e. The van der Waals surface area contributed by atoms with Gasteiger partial charge in [-0.1, -0.05) is 0 Å². The maximum Gasteiger partial charge on any atom is 0.295 e. The van der Waals surface area contributed by atoms with E-state index in [1.54, 1.807) is 43.8 Å². The number of ketones is 1. The average Bonchev–Trinajstić information content (AvgIpc) is 3.16. The first kappa shape index (κ1) is 23.3. The molecule has 1 saturated heterocycles. The number of likely N-dealkylation sites (tertiary alicyclic amines) is 1. The molecule has 2 heterocycles. The molecule has 32 heavy (non-hydrogen) atoms. The van der Waals surface area contributed by atoms with Gasteiger partial charge in [-0.15, -0.1) is 0 Å². The molecule has 1 N–H and O–H groups in total. The number of aryl methyl sites for hydroxylation is 2. The van der Waals surface area contributed by atoms with Gasteiger partial charge in [0.25, 0.3) is 11.7 Å². The Labute approximate surface area is 187 Å². The van der Waals surface area contributed by atoms with Crippen LogP contribution in [0, 0.1) is 13.8 Å². The first-order chi connectivity index (χ1) is 15.1. The third kappa shape index (κ3) is 3.95. The Bertz CT molecular complexity index is 1090. The van der Waals surface area contributed by atoms with Gasteiger partial charge >= 0.3 is 0 Å². The number of likely N-dealkylation sites (N-methyl/N-ethyl adjacent to an activating group) is 1. The lowest BCUT2D eigenvalue weighted by Crippen LogP contribution is -2.35. The Kier molecular flexibility index (Phi) is 6.59. The lowest BCUT2D eigenvalue weighted by molar-refractivity contribution is -0.140. The second-order valence-corrected chi connectivity index (χ2v) is 8.07. The highest BCUT2D eigenvalue weighted by molar-refractivity contribution is 6.46. The van der Waals surface area contributed by atoms with E-state index in [0.29, 0.717) is 47.1 Å². The lowest BCUT2D eigenvalue weighted by atomic mass is 9.94. The summed E-state index contributed by atoms with van der Waals surface area (Å²) >= 11 is 0. The fourth-order valence-electron chi connectivity index (χ4n) is 4.05. The number of aliphatic hydroxyl groups excluding tert-OH is 1. The van der Waals surface area contributed by atoms with Crippen LogP contribution in [-0.4, -0.2) is 77.8 Å². The number of amides is 1. The second kappa shape index (κ2) is 9.04. The van der Waals surface area contributed by atoms with Crippen LogP contribution in [0.3, 0.4) is 0 Å². The SMILES string of the molecule is COc1ccc(OC)c(C2/C(=C(\O)c3c(C)nn(C)c3C)C(=O)C(=O)N2CCN(C)C)c1. The Morgan fingerprint density at radius 1 is 1.19 bits per heavy atom. The predicted molar refractivity (Wildman–Crippen MR) is 120 cm³/mol. The molecule has 1 unspecified atom stereocenters. The topological polar surface area (TPSA) is 97.1 Å². The van der Waals surface area contributed by atoms with Crippen LogP contribution in [0.4, 0.5) is 0 Å². The minimum Gasteiger partial charge on any atom is -0.507 e. The molecule has 3 rings (SSSR count). The monoisotopic (exact) mass is 442 g/mol. The normalized spacial score (nSPS) is 18.0. The molecule has 9 nitrogen and oxygen atoms in total. The molecule has 9 heteroatoms. The van der Waals surface area contributed by atoms with Gasteiger partial charge in [-0.25, -0.2) is 0 Å². The number of benzene rings is 1. The molecule has 172 valence electrons. The number of Topliss-reactive ketones (excluding diaryl/α,β-unsaturated/α-hetero) is 1. The number of hydrogen-bond donors (Lipinski definition) is 1. The van der Waals surface area contributed by atoms with Crippen molar-refractivity contribution in [3.8, 4) is 11.5 Å². The summed E-state index contributed by atoms with van der Waals surface area (Å²) in [5, 5.41) is 15.7. The van der Waals surface area contributed by atoms with E-state index in [2.05, 4.69) is 5.10 Å². The van der Waals surface area contributed by atoms with E-state index in [9.17, 15) is 14.7 Å². The summed E-state index contributed by atoms with van der Waals surface area (Å²) in [6, 6.07) is 4.36. The van der Waals surface area contributed by atoms with Crippen LogP contribution in [0.15, 0.2) is 23.8 Å². The third-order valence-electron chi connectivity index (χ3n) is 5.81. The molecule has 1 aliphatic rings. The van der Waals surface area contributed by atoms with Gasteiger partial charge in [-0.2, -0.15) is 5.10 Å². The molecule has 2 aromatic rings. The summed E-state index contributed by atoms with van der Waals surface area (Å²) in [6.45, 7) is 4.40. The van der Waals surface area contributed by atoms with Gasteiger partial charge in [0, 0.05) is 31.4 Å². The Morgan fingerprint density at radius 3 is 2.41 bits per heavy atom. The predicted octanol–water partition coefficient (Wildman–Crippen LogP) is 2.04. The lowest BCUT2D eigenvalue weighted by Gasteiger charge is -2.28. The number of methoxy groups -OCH3 is 2. The van der Waals surface area contributed by atoms with Crippen molar-refractivity contribution >= 4 is 17.4 Å². The molecule has 1 amide bonds. The molecular formula is C23H30N4O5. The number of aliphatic hydroxyl groups is 1. The van der Waals surface area contributed by atoms with E-state index in [4.69, 9.17) is 9.47 Å². The van der Waals surface area contributed by atoms with Crippen molar-refractivity contribution < 1.29 is 24.2 Å². The van der Waals surface area contributed by atoms with Gasteiger partial charge in [0.15, 0.2) is 0 Å². The van der Waals surface area contributed by atoms with Crippen LogP contribution in [-0.2, 0) is 16.6 Å². The van der Waals surface area contributed by atoms with Crippen LogP contribution in [0.5, 0.6) is 11.5 Å². The molecule has 0 saturated carbocycles. The van der Waals surface area contributed by atoms with E-state index in [0.717, 1.165) is 0 Å². The zero-order valence-electron chi connectivity index (χ0n) is 19.6. The van der Waals surface area contributed by atoms with Crippen molar-refractivity contribution in [1.29, 1.82) is 0 Å². The number of carbonyl (C=O) groups is 2. The van der Waals surface area contributed by atoms with Gasteiger partial charge in [-0.3, -0.25) is 14.3 Å². The van der Waals surface area contributed by atoms with Crippen LogP contribution < -0.4 is 9.47 Å². The van der Waals surface area contributed by atoms with Gasteiger partial charge < -0.3 is 24.4 Å². The average molecular weight is 443 g/mol. The second-order valence-electron chi connectivity index (χ2n) is 8.07. The summed E-state index contributed by atoms with van der Waals surface area (Å²) in [4.78, 5) is 29.7. The highest BCUT2D eigenvalue weighted by Crippen LogP contribution is 2.44. The first-order valence-corrected chi connectivity index (χ1v) is 10.3. The summed E-state index contributed by atoms with van der Waals surface area (Å²) < 4.78 is 12.6. The molecule has 1 aromatic heterocycles. The van der Waals surface area contributed by atoms with Crippen molar-refractivity contribution in [2.45, 2.75) is 19.9 Å². The number of rotatable bonds is 7. The summed E-state index contributed by atoms with van der Waals surface area (Å²) in [5.41, 5.74) is 2.28. The number of ether oxygens (including phenoxy) is 2. The van der Waals surface area contributed by atoms with Crippen molar-refractivity contribution in [1.82, 2.24) is 19.6 Å². The number of hydrogen-bond acceptors (Lipinski definition) is 7. The van der Waals surface area contributed by atoms with E-state index in [1.165, 1.54) is 19.1 Å². The largest absolute Gasteiger partial charge is 0.507 e. The zero-order chi connectivity index (χ0) is 23.7. The molecule has 1 fully saturated rings. The van der Waals surface area contributed by atoms with Gasteiger partial charge in [0.05, 0.1) is 37.1 Å². The number of aromatic nitrogens is 2. The molecule has 0 aliphatic carbocycles. The maximum atomic E-state index is 13.2. The van der Waals surface area contributed by atoms with Crippen LogP contribution in [0.25, 0.3) is 5.76 Å². The Balaban J connectivity index is 2.30. The van der Waals surface area contributed by atoms with Crippen molar-refractivity contribution in [2.24, 2.45) is 7.05 Å². The summed E-state index contributed by atoms with van der Waals surface area (Å²) in [6.07, 6.45) is 0. The number of carbonyl (C=O) groups excluding carboxylic acids is 2. The maximum absolute atomic E-state index is 13.2. The fraction of sp³-hybridized carbons (Fsp3) is 0.435.